The van der Waals surface area contributed by atoms with Gasteiger partial charge in [-0.3, -0.25) is 4.79 Å². The third-order valence-corrected chi connectivity index (χ3v) is 1.54. The molecule has 0 fully saturated rings. The summed E-state index contributed by atoms with van der Waals surface area (Å²) < 4.78 is 0. The molecule has 64 valence electrons. The van der Waals surface area contributed by atoms with E-state index in [1.807, 2.05) is 0 Å². The molecular formula is C7H8ClN3O. The van der Waals surface area contributed by atoms with Gasteiger partial charge < -0.3 is 9.97 Å². The summed E-state index contributed by atoms with van der Waals surface area (Å²) in [6.07, 6.45) is 1.70. The normalized spacial score (nSPS) is 9.75. The molecule has 2 heterocycles. The van der Waals surface area contributed by atoms with Gasteiger partial charge in [-0.15, -0.1) is 12.4 Å². The van der Waals surface area contributed by atoms with Crippen LogP contribution < -0.4 is 5.56 Å². The van der Waals surface area contributed by atoms with Crippen LogP contribution in [0.15, 0.2) is 17.1 Å². The van der Waals surface area contributed by atoms with Crippen molar-refractivity contribution in [1.29, 1.82) is 0 Å². The summed E-state index contributed by atoms with van der Waals surface area (Å²) in [5.74, 6) is 0.630. The highest BCUT2D eigenvalue weighted by atomic mass is 35.5. The van der Waals surface area contributed by atoms with E-state index in [-0.39, 0.29) is 18.0 Å². The number of nitrogens with one attached hydrogen (secondary N) is 2. The Balaban J connectivity index is 0.000000720. The quantitative estimate of drug-likeness (QED) is 0.643. The van der Waals surface area contributed by atoms with E-state index in [0.29, 0.717) is 16.9 Å². The molecule has 2 aromatic heterocycles. The first kappa shape index (κ1) is 8.80. The van der Waals surface area contributed by atoms with Crippen molar-refractivity contribution in [1.82, 2.24) is 15.0 Å². The van der Waals surface area contributed by atoms with Gasteiger partial charge in [0.1, 0.15) is 11.5 Å². The van der Waals surface area contributed by atoms with Crippen molar-refractivity contribution in [3.63, 3.8) is 0 Å². The average Bonchev–Trinajstić information content (AvgIpc) is 2.34. The Morgan fingerprint density at radius 1 is 1.50 bits per heavy atom. The molecule has 0 aliphatic heterocycles. The van der Waals surface area contributed by atoms with E-state index in [9.17, 15) is 4.79 Å². The van der Waals surface area contributed by atoms with Crippen LogP contribution in [0.4, 0.5) is 0 Å². The minimum Gasteiger partial charge on any atom is -0.346 e. The SMILES string of the molecule is Cc1nc2[nH]ccc2c(=O)[nH]1.Cl. The summed E-state index contributed by atoms with van der Waals surface area (Å²) in [6.45, 7) is 1.75. The Hall–Kier alpha value is -1.29. The fourth-order valence-electron chi connectivity index (χ4n) is 1.06. The van der Waals surface area contributed by atoms with Gasteiger partial charge in [0.2, 0.25) is 0 Å². The second-order valence-corrected chi connectivity index (χ2v) is 2.39. The van der Waals surface area contributed by atoms with Gasteiger partial charge in [0.25, 0.3) is 5.56 Å². The number of nitrogens with zero attached hydrogens (tertiary/aromatic N) is 1. The van der Waals surface area contributed by atoms with Crippen molar-refractivity contribution in [2.75, 3.05) is 0 Å². The topological polar surface area (TPSA) is 61.5 Å². The number of rotatable bonds is 0. The Morgan fingerprint density at radius 3 is 3.00 bits per heavy atom. The van der Waals surface area contributed by atoms with Crippen LogP contribution in [0.25, 0.3) is 11.0 Å². The largest absolute Gasteiger partial charge is 0.346 e. The Bertz CT molecular complexity index is 445. The molecule has 2 N–H and O–H groups in total. The minimum absolute atomic E-state index is 0. The highest BCUT2D eigenvalue weighted by Crippen LogP contribution is 2.01. The molecule has 0 bridgehead atoms. The number of hydrogen-bond acceptors (Lipinski definition) is 2. The van der Waals surface area contributed by atoms with Crippen LogP contribution >= 0.6 is 12.4 Å². The number of aryl methyl sites for hydroxylation is 1. The second kappa shape index (κ2) is 2.98. The molecule has 0 saturated carbocycles. The maximum atomic E-state index is 11.1. The Labute approximate surface area is 74.4 Å². The molecule has 0 aliphatic rings. The van der Waals surface area contributed by atoms with Gasteiger partial charge in [-0.05, 0) is 13.0 Å². The molecule has 0 aromatic carbocycles. The van der Waals surface area contributed by atoms with Crippen LogP contribution in [0.2, 0.25) is 0 Å². The molecule has 0 aliphatic carbocycles. The van der Waals surface area contributed by atoms with Gasteiger partial charge in [0, 0.05) is 6.20 Å². The molecule has 4 nitrogen and oxygen atoms in total. The summed E-state index contributed by atoms with van der Waals surface area (Å²) in [5, 5.41) is 0.607. The van der Waals surface area contributed by atoms with Crippen LogP contribution in [0, 0.1) is 6.92 Å². The van der Waals surface area contributed by atoms with Crippen LogP contribution in [-0.2, 0) is 0 Å². The molecule has 0 radical (unpaired) electrons. The first-order chi connectivity index (χ1) is 5.27. The van der Waals surface area contributed by atoms with E-state index in [0.717, 1.165) is 0 Å². The lowest BCUT2D eigenvalue weighted by Crippen LogP contribution is -2.08. The number of hydrogen-bond donors (Lipinski definition) is 2. The molecule has 0 saturated heterocycles. The highest BCUT2D eigenvalue weighted by Gasteiger charge is 1.99. The fraction of sp³-hybridized carbons (Fsp3) is 0.143. The Morgan fingerprint density at radius 2 is 2.25 bits per heavy atom. The number of H-pyrrole nitrogens is 2. The van der Waals surface area contributed by atoms with Crippen molar-refractivity contribution in [3.8, 4) is 0 Å². The number of aromatic amines is 2. The summed E-state index contributed by atoms with van der Waals surface area (Å²) in [7, 11) is 0. The maximum Gasteiger partial charge on any atom is 0.260 e. The van der Waals surface area contributed by atoms with Gasteiger partial charge in [-0.2, -0.15) is 0 Å². The molecule has 0 spiro atoms. The number of fused-ring (bicyclic) bond motifs is 1. The predicted molar refractivity (Wildman–Crippen MR) is 48.7 cm³/mol. The summed E-state index contributed by atoms with van der Waals surface area (Å²) in [4.78, 5) is 20.7. The molecule has 0 unspecified atom stereocenters. The first-order valence-electron chi connectivity index (χ1n) is 3.31. The van der Waals surface area contributed by atoms with E-state index in [2.05, 4.69) is 15.0 Å². The van der Waals surface area contributed by atoms with E-state index in [4.69, 9.17) is 0 Å². The third-order valence-electron chi connectivity index (χ3n) is 1.54. The molecule has 12 heavy (non-hydrogen) atoms. The van der Waals surface area contributed by atoms with E-state index < -0.39 is 0 Å². The second-order valence-electron chi connectivity index (χ2n) is 2.39. The van der Waals surface area contributed by atoms with E-state index >= 15 is 0 Å². The van der Waals surface area contributed by atoms with Crippen LogP contribution in [0.1, 0.15) is 5.82 Å². The number of halogens is 1. The molecule has 2 rings (SSSR count). The molecular weight excluding hydrogens is 178 g/mol. The van der Waals surface area contributed by atoms with Gasteiger partial charge in [0.15, 0.2) is 0 Å². The van der Waals surface area contributed by atoms with Gasteiger partial charge in [0.05, 0.1) is 5.39 Å². The number of aromatic nitrogens is 3. The van der Waals surface area contributed by atoms with Crippen molar-refractivity contribution in [3.05, 3.63) is 28.4 Å². The van der Waals surface area contributed by atoms with Crippen molar-refractivity contribution in [2.24, 2.45) is 0 Å². The minimum atomic E-state index is -0.0891. The smallest absolute Gasteiger partial charge is 0.260 e. The molecule has 5 heteroatoms. The van der Waals surface area contributed by atoms with Gasteiger partial charge in [-0.25, -0.2) is 4.98 Å². The average molecular weight is 186 g/mol. The lowest BCUT2D eigenvalue weighted by molar-refractivity contribution is 1.05. The zero-order valence-electron chi connectivity index (χ0n) is 6.42. The van der Waals surface area contributed by atoms with E-state index in [1.54, 1.807) is 19.2 Å². The standard InChI is InChI=1S/C7H7N3O.ClH/c1-4-9-6-5(2-3-8-6)7(11)10-4;/h2-3H,1H3,(H2,8,9,10,11);1H. The molecule has 2 aromatic rings. The highest BCUT2D eigenvalue weighted by molar-refractivity contribution is 5.85. The monoisotopic (exact) mass is 185 g/mol. The lowest BCUT2D eigenvalue weighted by Gasteiger charge is -1.90. The maximum absolute atomic E-state index is 11.1. The van der Waals surface area contributed by atoms with Crippen LogP contribution in [-0.4, -0.2) is 15.0 Å². The summed E-state index contributed by atoms with van der Waals surface area (Å²) >= 11 is 0. The predicted octanol–water partition coefficient (Wildman–Crippen LogP) is 0.981. The van der Waals surface area contributed by atoms with Crippen molar-refractivity contribution >= 4 is 23.4 Å². The molecule has 0 atom stereocenters. The zero-order chi connectivity index (χ0) is 7.84. The fourth-order valence-corrected chi connectivity index (χ4v) is 1.06. The summed E-state index contributed by atoms with van der Waals surface area (Å²) in [6, 6.07) is 1.71. The third kappa shape index (κ3) is 1.21. The lowest BCUT2D eigenvalue weighted by atomic mass is 10.4. The first-order valence-corrected chi connectivity index (χ1v) is 3.31. The zero-order valence-corrected chi connectivity index (χ0v) is 7.23. The van der Waals surface area contributed by atoms with Crippen LogP contribution in [0.5, 0.6) is 0 Å². The van der Waals surface area contributed by atoms with Gasteiger partial charge >= 0.3 is 0 Å². The molecule has 0 amide bonds. The van der Waals surface area contributed by atoms with Crippen LogP contribution in [0.3, 0.4) is 0 Å². The Kier molecular flexibility index (Phi) is 2.19. The van der Waals surface area contributed by atoms with Gasteiger partial charge in [-0.1, -0.05) is 0 Å². The van der Waals surface area contributed by atoms with Crippen molar-refractivity contribution < 1.29 is 0 Å². The van der Waals surface area contributed by atoms with Crippen molar-refractivity contribution in [2.45, 2.75) is 6.92 Å². The van der Waals surface area contributed by atoms with E-state index in [1.165, 1.54) is 0 Å². The summed E-state index contributed by atoms with van der Waals surface area (Å²) in [5.41, 5.74) is 0.556.